The van der Waals surface area contributed by atoms with Crippen LogP contribution in [0.15, 0.2) is 18.2 Å². The molecule has 0 spiro atoms. The first-order chi connectivity index (χ1) is 6.59. The molecule has 0 saturated carbocycles. The smallest absolute Gasteiger partial charge is 0.167 e. The highest BCUT2D eigenvalue weighted by Crippen LogP contribution is 2.06. The van der Waals surface area contributed by atoms with Crippen molar-refractivity contribution in [2.75, 3.05) is 0 Å². The van der Waals surface area contributed by atoms with Crippen LogP contribution in [0.1, 0.15) is 26.6 Å². The van der Waals surface area contributed by atoms with Gasteiger partial charge in [-0.05, 0) is 23.6 Å². The van der Waals surface area contributed by atoms with Gasteiger partial charge in [0, 0.05) is 0 Å². The van der Waals surface area contributed by atoms with Crippen LogP contribution in [-0.4, -0.2) is 20.2 Å². The van der Waals surface area contributed by atoms with E-state index in [0.29, 0.717) is 11.7 Å². The second-order valence-electron chi connectivity index (χ2n) is 3.58. The standard InChI is InChI=1S/C10H16N4/c1-8(2)6-5-7-9(3)10-11-13-14(4)12-10/h5-8H,1-4H3/b6-5+,9-7+. The van der Waals surface area contributed by atoms with Crippen molar-refractivity contribution >= 4 is 5.57 Å². The van der Waals surface area contributed by atoms with E-state index in [9.17, 15) is 0 Å². The third-order valence-electron chi connectivity index (χ3n) is 1.70. The number of nitrogens with zero attached hydrogens (tertiary/aromatic N) is 4. The Kier molecular flexibility index (Phi) is 3.56. The maximum Gasteiger partial charge on any atom is 0.200 e. The highest BCUT2D eigenvalue weighted by molar-refractivity contribution is 5.58. The first kappa shape index (κ1) is 10.6. The van der Waals surface area contributed by atoms with Gasteiger partial charge in [-0.2, -0.15) is 4.80 Å². The van der Waals surface area contributed by atoms with Crippen molar-refractivity contribution in [2.24, 2.45) is 13.0 Å². The molecule has 0 fully saturated rings. The summed E-state index contributed by atoms with van der Waals surface area (Å²) >= 11 is 0. The molecule has 0 aliphatic carbocycles. The van der Waals surface area contributed by atoms with Gasteiger partial charge >= 0.3 is 0 Å². The molecule has 4 heteroatoms. The molecule has 0 radical (unpaired) electrons. The van der Waals surface area contributed by atoms with Gasteiger partial charge in [0.25, 0.3) is 0 Å². The molecule has 0 unspecified atom stereocenters. The van der Waals surface area contributed by atoms with Crippen molar-refractivity contribution in [3.63, 3.8) is 0 Å². The molecule has 0 N–H and O–H groups in total. The van der Waals surface area contributed by atoms with Gasteiger partial charge in [-0.1, -0.05) is 32.1 Å². The molecule has 14 heavy (non-hydrogen) atoms. The third-order valence-corrected chi connectivity index (χ3v) is 1.70. The first-order valence-corrected chi connectivity index (χ1v) is 4.69. The summed E-state index contributed by atoms with van der Waals surface area (Å²) in [4.78, 5) is 1.46. The van der Waals surface area contributed by atoms with Crippen molar-refractivity contribution in [1.82, 2.24) is 20.2 Å². The zero-order chi connectivity index (χ0) is 10.6. The van der Waals surface area contributed by atoms with E-state index in [1.54, 1.807) is 7.05 Å². The van der Waals surface area contributed by atoms with E-state index in [-0.39, 0.29) is 0 Å². The second-order valence-corrected chi connectivity index (χ2v) is 3.58. The number of allylic oxidation sites excluding steroid dienone is 4. The third kappa shape index (κ3) is 3.12. The average molecular weight is 192 g/mol. The molecule has 1 rings (SSSR count). The molecule has 0 saturated heterocycles. The minimum Gasteiger partial charge on any atom is -0.167 e. The molecule has 0 amide bonds. The van der Waals surface area contributed by atoms with Crippen molar-refractivity contribution < 1.29 is 0 Å². The normalized spacial score (nSPS) is 13.1. The molecule has 0 aromatic carbocycles. The van der Waals surface area contributed by atoms with Gasteiger partial charge in [-0.3, -0.25) is 0 Å². The first-order valence-electron chi connectivity index (χ1n) is 4.69. The lowest BCUT2D eigenvalue weighted by atomic mass is 10.2. The predicted molar refractivity (Wildman–Crippen MR) is 56.4 cm³/mol. The van der Waals surface area contributed by atoms with Crippen LogP contribution in [0.5, 0.6) is 0 Å². The van der Waals surface area contributed by atoms with Gasteiger partial charge in [0.15, 0.2) is 0 Å². The summed E-state index contributed by atoms with van der Waals surface area (Å²) in [7, 11) is 1.76. The summed E-state index contributed by atoms with van der Waals surface area (Å²) in [6.45, 7) is 6.25. The van der Waals surface area contributed by atoms with Crippen LogP contribution in [0.4, 0.5) is 0 Å². The van der Waals surface area contributed by atoms with E-state index in [2.05, 4.69) is 35.3 Å². The fourth-order valence-electron chi connectivity index (χ4n) is 0.939. The fourth-order valence-corrected chi connectivity index (χ4v) is 0.939. The van der Waals surface area contributed by atoms with Gasteiger partial charge in [-0.25, -0.2) is 0 Å². The quantitative estimate of drug-likeness (QED) is 0.686. The zero-order valence-electron chi connectivity index (χ0n) is 9.10. The minimum absolute atomic E-state index is 0.564. The molecular formula is C10H16N4. The van der Waals surface area contributed by atoms with Crippen LogP contribution in [-0.2, 0) is 7.05 Å². The Hall–Kier alpha value is -1.45. The molecule has 0 aliphatic rings. The number of aromatic nitrogens is 4. The van der Waals surface area contributed by atoms with E-state index in [4.69, 9.17) is 0 Å². The largest absolute Gasteiger partial charge is 0.200 e. The van der Waals surface area contributed by atoms with Gasteiger partial charge in [0.1, 0.15) is 0 Å². The SMILES string of the molecule is C/C(=C\C=C\C(C)C)c1nnn(C)n1. The summed E-state index contributed by atoms with van der Waals surface area (Å²) in [6.07, 6.45) is 6.15. The van der Waals surface area contributed by atoms with Crippen molar-refractivity contribution in [2.45, 2.75) is 20.8 Å². The highest BCUT2D eigenvalue weighted by atomic mass is 15.6. The van der Waals surface area contributed by atoms with Crippen molar-refractivity contribution in [3.8, 4) is 0 Å². The zero-order valence-corrected chi connectivity index (χ0v) is 9.10. The number of hydrogen-bond donors (Lipinski definition) is 0. The van der Waals surface area contributed by atoms with Crippen LogP contribution in [0.2, 0.25) is 0 Å². The summed E-state index contributed by atoms with van der Waals surface area (Å²) < 4.78 is 0. The van der Waals surface area contributed by atoms with Gasteiger partial charge in [0.05, 0.1) is 7.05 Å². The lowest BCUT2D eigenvalue weighted by Crippen LogP contribution is -1.92. The van der Waals surface area contributed by atoms with Gasteiger partial charge in [-0.15, -0.1) is 10.2 Å². The van der Waals surface area contributed by atoms with Crippen LogP contribution in [0.3, 0.4) is 0 Å². The fraction of sp³-hybridized carbons (Fsp3) is 0.500. The summed E-state index contributed by atoms with van der Waals surface area (Å²) in [5, 5.41) is 11.8. The van der Waals surface area contributed by atoms with Crippen molar-refractivity contribution in [1.29, 1.82) is 0 Å². The Morgan fingerprint density at radius 3 is 2.64 bits per heavy atom. The molecule has 4 nitrogen and oxygen atoms in total. The second kappa shape index (κ2) is 4.69. The summed E-state index contributed by atoms with van der Waals surface area (Å²) in [5.41, 5.74) is 1.02. The van der Waals surface area contributed by atoms with E-state index >= 15 is 0 Å². The maximum absolute atomic E-state index is 4.10. The molecule has 76 valence electrons. The molecule has 0 bridgehead atoms. The Morgan fingerprint density at radius 1 is 1.43 bits per heavy atom. The number of rotatable bonds is 3. The Bertz CT molecular complexity index is 347. The number of hydrogen-bond acceptors (Lipinski definition) is 3. The highest BCUT2D eigenvalue weighted by Gasteiger charge is 2.00. The minimum atomic E-state index is 0.564. The monoisotopic (exact) mass is 192 g/mol. The molecule has 0 aliphatic heterocycles. The lowest BCUT2D eigenvalue weighted by molar-refractivity contribution is 0.629. The molecule has 0 atom stereocenters. The maximum atomic E-state index is 4.10. The molecule has 1 aromatic rings. The van der Waals surface area contributed by atoms with E-state index in [0.717, 1.165) is 5.57 Å². The molecular weight excluding hydrogens is 176 g/mol. The van der Waals surface area contributed by atoms with Crippen molar-refractivity contribution in [3.05, 3.63) is 24.1 Å². The number of aryl methyl sites for hydroxylation is 1. The number of tetrazole rings is 1. The Balaban J connectivity index is 2.70. The average Bonchev–Trinajstić information content (AvgIpc) is 2.51. The predicted octanol–water partition coefficient (Wildman–Crippen LogP) is 1.83. The summed E-state index contributed by atoms with van der Waals surface area (Å²) in [5.74, 6) is 1.25. The van der Waals surface area contributed by atoms with E-state index in [1.165, 1.54) is 4.80 Å². The van der Waals surface area contributed by atoms with Gasteiger partial charge in [0.2, 0.25) is 5.82 Å². The summed E-state index contributed by atoms with van der Waals surface area (Å²) in [6, 6.07) is 0. The molecule has 1 heterocycles. The van der Waals surface area contributed by atoms with Crippen LogP contribution >= 0.6 is 0 Å². The van der Waals surface area contributed by atoms with E-state index < -0.39 is 0 Å². The van der Waals surface area contributed by atoms with Crippen LogP contribution in [0, 0.1) is 5.92 Å². The van der Waals surface area contributed by atoms with Gasteiger partial charge < -0.3 is 0 Å². The van der Waals surface area contributed by atoms with Crippen LogP contribution in [0.25, 0.3) is 5.57 Å². The Morgan fingerprint density at radius 2 is 2.14 bits per heavy atom. The van der Waals surface area contributed by atoms with E-state index in [1.807, 2.05) is 19.1 Å². The molecule has 1 aromatic heterocycles. The topological polar surface area (TPSA) is 43.6 Å². The lowest BCUT2D eigenvalue weighted by Gasteiger charge is -1.92. The van der Waals surface area contributed by atoms with Crippen LogP contribution < -0.4 is 0 Å². The Labute approximate surface area is 84.3 Å².